The molecule has 0 unspecified atom stereocenters. The Hall–Kier alpha value is -2.92. The molecule has 0 aliphatic heterocycles. The van der Waals surface area contributed by atoms with Crippen LogP contribution in [0.1, 0.15) is 15.9 Å². The van der Waals surface area contributed by atoms with Gasteiger partial charge >= 0.3 is 0 Å². The minimum atomic E-state index is -4.05. The number of sulfonamides is 1. The van der Waals surface area contributed by atoms with Crippen molar-refractivity contribution in [3.05, 3.63) is 59.4 Å². The molecule has 2 aromatic rings. The molecule has 2 aromatic carbocycles. The lowest BCUT2D eigenvalue weighted by Crippen LogP contribution is -2.36. The van der Waals surface area contributed by atoms with E-state index in [4.69, 9.17) is 10.00 Å². The summed E-state index contributed by atoms with van der Waals surface area (Å²) in [6, 6.07) is 10.4. The van der Waals surface area contributed by atoms with Crippen LogP contribution in [0.2, 0.25) is 0 Å². The standard InChI is InChI=1S/C16H13FN2O4S/c1-23-14-6-3-11(4-7-14)16(20)19(24(2,21)22)15-8-5-13(17)9-12(15)10-18/h3-9H,1-2H3. The molecule has 0 aromatic heterocycles. The number of carbonyl (C=O) groups excluding carboxylic acids is 1. The summed E-state index contributed by atoms with van der Waals surface area (Å²) < 4.78 is 42.9. The van der Waals surface area contributed by atoms with E-state index in [0.29, 0.717) is 10.1 Å². The molecule has 8 heteroatoms. The summed E-state index contributed by atoms with van der Waals surface area (Å²) in [6.07, 6.45) is 0.832. The predicted molar refractivity (Wildman–Crippen MR) is 85.8 cm³/mol. The summed E-state index contributed by atoms with van der Waals surface area (Å²) in [4.78, 5) is 12.6. The summed E-state index contributed by atoms with van der Waals surface area (Å²) in [5.41, 5.74) is -0.390. The van der Waals surface area contributed by atoms with Gasteiger partial charge in [-0.2, -0.15) is 5.26 Å². The van der Waals surface area contributed by atoms with Gasteiger partial charge in [0.2, 0.25) is 10.0 Å². The van der Waals surface area contributed by atoms with E-state index < -0.39 is 21.7 Å². The van der Waals surface area contributed by atoms with Gasteiger partial charge in [-0.05, 0) is 42.5 Å². The summed E-state index contributed by atoms with van der Waals surface area (Å²) in [5.74, 6) is -1.07. The van der Waals surface area contributed by atoms with Gasteiger partial charge in [0.25, 0.3) is 5.91 Å². The Kier molecular flexibility index (Phi) is 4.85. The van der Waals surface area contributed by atoms with Crippen LogP contribution in [0.25, 0.3) is 0 Å². The molecule has 0 bridgehead atoms. The molecule has 0 radical (unpaired) electrons. The van der Waals surface area contributed by atoms with Crippen LogP contribution in [-0.2, 0) is 10.0 Å². The fraction of sp³-hybridized carbons (Fsp3) is 0.125. The summed E-state index contributed by atoms with van der Waals surface area (Å²) in [7, 11) is -2.59. The van der Waals surface area contributed by atoms with E-state index in [0.717, 1.165) is 24.5 Å². The molecular formula is C16H13FN2O4S. The first-order valence-corrected chi connectivity index (χ1v) is 8.51. The molecule has 124 valence electrons. The number of hydrogen-bond donors (Lipinski definition) is 0. The number of methoxy groups -OCH3 is 1. The van der Waals surface area contributed by atoms with E-state index in [9.17, 15) is 17.6 Å². The molecule has 2 rings (SSSR count). The summed E-state index contributed by atoms with van der Waals surface area (Å²) in [6.45, 7) is 0. The molecule has 0 heterocycles. The third kappa shape index (κ3) is 3.52. The molecule has 0 fully saturated rings. The predicted octanol–water partition coefficient (Wildman–Crippen LogP) is 2.31. The largest absolute Gasteiger partial charge is 0.497 e. The van der Waals surface area contributed by atoms with E-state index in [1.165, 1.54) is 31.4 Å². The summed E-state index contributed by atoms with van der Waals surface area (Å²) >= 11 is 0. The van der Waals surface area contributed by atoms with Crippen molar-refractivity contribution in [3.63, 3.8) is 0 Å². The number of carbonyl (C=O) groups is 1. The van der Waals surface area contributed by atoms with Gasteiger partial charge in [0.1, 0.15) is 17.6 Å². The first-order valence-electron chi connectivity index (χ1n) is 6.66. The lowest BCUT2D eigenvalue weighted by Gasteiger charge is -2.21. The van der Waals surface area contributed by atoms with Gasteiger partial charge in [0.05, 0.1) is 24.6 Å². The topological polar surface area (TPSA) is 87.5 Å². The molecular weight excluding hydrogens is 335 g/mol. The van der Waals surface area contributed by atoms with E-state index in [2.05, 4.69) is 0 Å². The van der Waals surface area contributed by atoms with Crippen LogP contribution in [0.4, 0.5) is 10.1 Å². The molecule has 0 aliphatic rings. The Morgan fingerprint density at radius 2 is 1.83 bits per heavy atom. The van der Waals surface area contributed by atoms with Crippen molar-refractivity contribution in [2.24, 2.45) is 0 Å². The van der Waals surface area contributed by atoms with Crippen LogP contribution in [0.15, 0.2) is 42.5 Å². The number of amides is 1. The van der Waals surface area contributed by atoms with Crippen LogP contribution in [0.5, 0.6) is 5.75 Å². The van der Waals surface area contributed by atoms with Crippen molar-refractivity contribution in [2.45, 2.75) is 0 Å². The number of hydrogen-bond acceptors (Lipinski definition) is 5. The highest BCUT2D eigenvalue weighted by atomic mass is 32.2. The van der Waals surface area contributed by atoms with Crippen LogP contribution < -0.4 is 9.04 Å². The molecule has 0 aliphatic carbocycles. The average Bonchev–Trinajstić information content (AvgIpc) is 2.55. The smallest absolute Gasteiger partial charge is 0.272 e. The van der Waals surface area contributed by atoms with Gasteiger partial charge in [-0.25, -0.2) is 17.1 Å². The SMILES string of the molecule is COc1ccc(C(=O)N(c2ccc(F)cc2C#N)S(C)(=O)=O)cc1. The van der Waals surface area contributed by atoms with E-state index in [-0.39, 0.29) is 16.8 Å². The van der Waals surface area contributed by atoms with Gasteiger partial charge in [0.15, 0.2) is 0 Å². The molecule has 0 N–H and O–H groups in total. The Bertz CT molecular complexity index is 918. The second-order valence-corrected chi connectivity index (χ2v) is 6.67. The van der Waals surface area contributed by atoms with E-state index in [1.807, 2.05) is 0 Å². The Balaban J connectivity index is 2.58. The highest BCUT2D eigenvalue weighted by Crippen LogP contribution is 2.26. The first kappa shape index (κ1) is 17.4. The molecule has 24 heavy (non-hydrogen) atoms. The lowest BCUT2D eigenvalue weighted by atomic mass is 10.1. The van der Waals surface area contributed by atoms with Crippen LogP contribution in [0, 0.1) is 17.1 Å². The zero-order valence-corrected chi connectivity index (χ0v) is 13.7. The molecule has 0 atom stereocenters. The third-order valence-corrected chi connectivity index (χ3v) is 4.18. The second-order valence-electron chi connectivity index (χ2n) is 4.83. The maximum atomic E-state index is 13.3. The number of benzene rings is 2. The number of halogens is 1. The minimum absolute atomic E-state index is 0.0782. The van der Waals surface area contributed by atoms with Gasteiger partial charge in [-0.1, -0.05) is 0 Å². The summed E-state index contributed by atoms with van der Waals surface area (Å²) in [5, 5.41) is 9.11. The van der Waals surface area contributed by atoms with Crippen molar-refractivity contribution < 1.29 is 22.3 Å². The molecule has 0 spiro atoms. The van der Waals surface area contributed by atoms with Gasteiger partial charge < -0.3 is 4.74 Å². The second kappa shape index (κ2) is 6.68. The molecule has 6 nitrogen and oxygen atoms in total. The Morgan fingerprint density at radius 1 is 1.21 bits per heavy atom. The van der Waals surface area contributed by atoms with Gasteiger partial charge in [-0.15, -0.1) is 0 Å². The third-order valence-electron chi connectivity index (χ3n) is 3.15. The Morgan fingerprint density at radius 3 is 2.33 bits per heavy atom. The zero-order valence-electron chi connectivity index (χ0n) is 12.9. The van der Waals surface area contributed by atoms with Crippen LogP contribution in [-0.4, -0.2) is 27.7 Å². The molecule has 0 saturated heterocycles. The number of anilines is 1. The maximum absolute atomic E-state index is 13.3. The van der Waals surface area contributed by atoms with Crippen molar-refractivity contribution in [1.29, 1.82) is 5.26 Å². The number of ether oxygens (including phenoxy) is 1. The number of nitriles is 1. The van der Waals surface area contributed by atoms with E-state index >= 15 is 0 Å². The van der Waals surface area contributed by atoms with Crippen molar-refractivity contribution >= 4 is 21.6 Å². The van der Waals surface area contributed by atoms with Crippen LogP contribution >= 0.6 is 0 Å². The number of nitrogens with zero attached hydrogens (tertiary/aromatic N) is 2. The molecule has 1 amide bonds. The quantitative estimate of drug-likeness (QED) is 0.846. The van der Waals surface area contributed by atoms with Crippen molar-refractivity contribution in [3.8, 4) is 11.8 Å². The highest BCUT2D eigenvalue weighted by Gasteiger charge is 2.29. The monoisotopic (exact) mass is 348 g/mol. The molecule has 0 saturated carbocycles. The van der Waals surface area contributed by atoms with Gasteiger partial charge in [-0.3, -0.25) is 4.79 Å². The van der Waals surface area contributed by atoms with Crippen molar-refractivity contribution in [1.82, 2.24) is 0 Å². The van der Waals surface area contributed by atoms with Gasteiger partial charge in [0, 0.05) is 5.56 Å². The normalized spacial score (nSPS) is 10.8. The minimum Gasteiger partial charge on any atom is -0.497 e. The fourth-order valence-electron chi connectivity index (χ4n) is 2.06. The zero-order chi connectivity index (χ0) is 17.9. The van der Waals surface area contributed by atoms with Crippen molar-refractivity contribution in [2.75, 3.05) is 17.7 Å². The maximum Gasteiger partial charge on any atom is 0.272 e. The first-order chi connectivity index (χ1) is 11.3. The van der Waals surface area contributed by atoms with Crippen LogP contribution in [0.3, 0.4) is 0 Å². The Labute approximate surface area is 138 Å². The van der Waals surface area contributed by atoms with E-state index in [1.54, 1.807) is 6.07 Å². The number of rotatable bonds is 4. The lowest BCUT2D eigenvalue weighted by molar-refractivity contribution is 0.101. The average molecular weight is 348 g/mol. The highest BCUT2D eigenvalue weighted by molar-refractivity contribution is 7.92. The fourth-order valence-corrected chi connectivity index (χ4v) is 2.99.